The van der Waals surface area contributed by atoms with Gasteiger partial charge in [0, 0.05) is 28.4 Å². The van der Waals surface area contributed by atoms with Gasteiger partial charge in [0.15, 0.2) is 11.0 Å². The smallest absolute Gasteiger partial charge is 0.191 e. The number of hydrogen-bond donors (Lipinski definition) is 2. The summed E-state index contributed by atoms with van der Waals surface area (Å²) in [6.07, 6.45) is 1.99. The van der Waals surface area contributed by atoms with E-state index in [0.717, 1.165) is 56.3 Å². The van der Waals surface area contributed by atoms with Crippen molar-refractivity contribution in [2.24, 2.45) is 0 Å². The van der Waals surface area contributed by atoms with Crippen molar-refractivity contribution in [3.63, 3.8) is 0 Å². The van der Waals surface area contributed by atoms with E-state index in [9.17, 15) is 5.11 Å². The lowest BCUT2D eigenvalue weighted by Gasteiger charge is -2.09. The summed E-state index contributed by atoms with van der Waals surface area (Å²) in [7, 11) is 0. The van der Waals surface area contributed by atoms with Gasteiger partial charge in [-0.1, -0.05) is 42.1 Å². The van der Waals surface area contributed by atoms with Crippen molar-refractivity contribution in [3.05, 3.63) is 54.6 Å². The molecule has 29 heavy (non-hydrogen) atoms. The molecule has 3 aromatic heterocycles. The molecule has 0 amide bonds. The van der Waals surface area contributed by atoms with E-state index in [-0.39, 0.29) is 5.75 Å². The van der Waals surface area contributed by atoms with Crippen LogP contribution in [0, 0.1) is 0 Å². The van der Waals surface area contributed by atoms with Crippen LogP contribution in [0.3, 0.4) is 0 Å². The first-order valence-electron chi connectivity index (χ1n) is 9.38. The Labute approximate surface area is 171 Å². The van der Waals surface area contributed by atoms with Crippen LogP contribution in [-0.4, -0.2) is 36.1 Å². The Balaban J connectivity index is 1.87. The molecule has 0 spiro atoms. The van der Waals surface area contributed by atoms with Gasteiger partial charge in [-0.3, -0.25) is 0 Å². The molecule has 0 fully saturated rings. The van der Waals surface area contributed by atoms with E-state index in [1.54, 1.807) is 23.9 Å². The van der Waals surface area contributed by atoms with E-state index in [2.05, 4.69) is 44.9 Å². The van der Waals surface area contributed by atoms with E-state index in [0.29, 0.717) is 0 Å². The molecule has 5 rings (SSSR count). The van der Waals surface area contributed by atoms with E-state index < -0.39 is 0 Å². The third kappa shape index (κ3) is 2.86. The molecule has 144 valence electrons. The Morgan fingerprint density at radius 2 is 1.90 bits per heavy atom. The van der Waals surface area contributed by atoms with Gasteiger partial charge in [-0.05, 0) is 37.4 Å². The number of rotatable bonds is 4. The number of H-pyrrole nitrogens is 1. The highest BCUT2D eigenvalue weighted by Crippen LogP contribution is 2.36. The lowest BCUT2D eigenvalue weighted by Crippen LogP contribution is -2.01. The molecular weight excluding hydrogens is 382 g/mol. The van der Waals surface area contributed by atoms with E-state index in [1.807, 2.05) is 30.5 Å². The Hall–Kier alpha value is -3.32. The van der Waals surface area contributed by atoms with Gasteiger partial charge >= 0.3 is 0 Å². The fourth-order valence-electron chi connectivity index (χ4n) is 3.74. The number of thioether (sulfide) groups is 1. The molecule has 2 N–H and O–H groups in total. The average Bonchev–Trinajstić information content (AvgIpc) is 3.33. The second-order valence-corrected chi connectivity index (χ2v) is 7.53. The van der Waals surface area contributed by atoms with E-state index in [1.165, 1.54) is 0 Å². The predicted molar refractivity (Wildman–Crippen MR) is 117 cm³/mol. The number of benzene rings is 2. The molecule has 0 aliphatic rings. The van der Waals surface area contributed by atoms with Crippen LogP contribution in [0.2, 0.25) is 0 Å². The molecule has 0 unspecified atom stereocenters. The minimum Gasteiger partial charge on any atom is -0.508 e. The van der Waals surface area contributed by atoms with Crippen LogP contribution >= 0.6 is 11.8 Å². The number of phenols is 1. The topological polar surface area (TPSA) is 79.6 Å². The molecule has 2 aromatic carbocycles. The number of pyridine rings is 1. The average molecular weight is 401 g/mol. The van der Waals surface area contributed by atoms with Gasteiger partial charge in [0.05, 0.1) is 11.2 Å². The summed E-state index contributed by atoms with van der Waals surface area (Å²) in [5, 5.41) is 21.8. The number of para-hydroxylation sites is 1. The molecule has 7 heteroatoms. The van der Waals surface area contributed by atoms with Crippen LogP contribution in [0.4, 0.5) is 0 Å². The normalized spacial score (nSPS) is 11.5. The van der Waals surface area contributed by atoms with Crippen LogP contribution in [0.1, 0.15) is 6.92 Å². The summed E-state index contributed by atoms with van der Waals surface area (Å²) in [5.74, 6) is 0.950. The fraction of sp³-hybridized carbons (Fsp3) is 0.136. The summed E-state index contributed by atoms with van der Waals surface area (Å²) in [5.41, 5.74) is 4.37. The van der Waals surface area contributed by atoms with Crippen molar-refractivity contribution in [2.75, 3.05) is 6.26 Å². The number of nitrogens with one attached hydrogen (secondary N) is 1. The molecule has 0 bridgehead atoms. The minimum atomic E-state index is 0.209. The number of hydrogen-bond acceptors (Lipinski definition) is 5. The standard InChI is InChI=1S/C22H19N5OS/c1-3-27-21(25-26-22(27)29-2)18-12-16-15-9-4-5-10-17(15)23-20(16)19(24-18)13-7-6-8-14(28)11-13/h4-12,23,28H,3H2,1-2H3. The van der Waals surface area contributed by atoms with Crippen molar-refractivity contribution in [2.45, 2.75) is 18.6 Å². The molecule has 6 nitrogen and oxygen atoms in total. The summed E-state index contributed by atoms with van der Waals surface area (Å²) in [6.45, 7) is 2.83. The van der Waals surface area contributed by atoms with Gasteiger partial charge in [-0.25, -0.2) is 4.98 Å². The van der Waals surface area contributed by atoms with E-state index in [4.69, 9.17) is 4.98 Å². The number of aromatic amines is 1. The third-order valence-corrected chi connectivity index (χ3v) is 5.73. The summed E-state index contributed by atoms with van der Waals surface area (Å²) >= 11 is 1.57. The molecule has 0 saturated carbocycles. The quantitative estimate of drug-likeness (QED) is 0.410. The van der Waals surface area contributed by atoms with Gasteiger partial charge in [0.2, 0.25) is 0 Å². The maximum Gasteiger partial charge on any atom is 0.191 e. The van der Waals surface area contributed by atoms with Gasteiger partial charge in [0.25, 0.3) is 0 Å². The van der Waals surface area contributed by atoms with Crippen LogP contribution < -0.4 is 0 Å². The summed E-state index contributed by atoms with van der Waals surface area (Å²) in [6, 6.07) is 17.4. The Bertz CT molecular complexity index is 1350. The minimum absolute atomic E-state index is 0.209. The summed E-state index contributed by atoms with van der Waals surface area (Å²) in [4.78, 5) is 8.46. The molecule has 0 atom stereocenters. The number of aromatic nitrogens is 5. The number of aromatic hydroxyl groups is 1. The van der Waals surface area contributed by atoms with Crippen LogP contribution in [0.25, 0.3) is 44.6 Å². The molecule has 0 radical (unpaired) electrons. The Morgan fingerprint density at radius 1 is 1.03 bits per heavy atom. The number of fused-ring (bicyclic) bond motifs is 3. The van der Waals surface area contributed by atoms with Crippen LogP contribution in [0.15, 0.2) is 59.8 Å². The highest BCUT2D eigenvalue weighted by atomic mass is 32.2. The van der Waals surface area contributed by atoms with Crippen molar-refractivity contribution in [1.29, 1.82) is 0 Å². The fourth-order valence-corrected chi connectivity index (χ4v) is 4.30. The highest BCUT2D eigenvalue weighted by molar-refractivity contribution is 7.98. The highest BCUT2D eigenvalue weighted by Gasteiger charge is 2.19. The van der Waals surface area contributed by atoms with Crippen molar-refractivity contribution >= 4 is 33.6 Å². The molecule has 0 aliphatic heterocycles. The maximum absolute atomic E-state index is 10.0. The Kier molecular flexibility index (Phi) is 4.24. The van der Waals surface area contributed by atoms with Crippen molar-refractivity contribution < 1.29 is 5.11 Å². The van der Waals surface area contributed by atoms with Gasteiger partial charge in [0.1, 0.15) is 11.4 Å². The second-order valence-electron chi connectivity index (χ2n) is 6.75. The first-order valence-corrected chi connectivity index (χ1v) is 10.6. The van der Waals surface area contributed by atoms with Crippen molar-refractivity contribution in [3.8, 4) is 28.5 Å². The molecule has 0 saturated heterocycles. The second kappa shape index (κ2) is 6.93. The number of phenolic OH excluding ortho intramolecular Hbond substituents is 1. The van der Waals surface area contributed by atoms with Gasteiger partial charge in [-0.2, -0.15) is 0 Å². The predicted octanol–water partition coefficient (Wildman–Crippen LogP) is 5.09. The lowest BCUT2D eigenvalue weighted by molar-refractivity contribution is 0.475. The first kappa shape index (κ1) is 17.8. The maximum atomic E-state index is 10.0. The van der Waals surface area contributed by atoms with Gasteiger partial charge in [-0.15, -0.1) is 10.2 Å². The monoisotopic (exact) mass is 401 g/mol. The summed E-state index contributed by atoms with van der Waals surface area (Å²) < 4.78 is 2.07. The zero-order valence-corrected chi connectivity index (χ0v) is 16.9. The molecular formula is C22H19N5OS. The zero-order chi connectivity index (χ0) is 20.0. The zero-order valence-electron chi connectivity index (χ0n) is 16.0. The lowest BCUT2D eigenvalue weighted by atomic mass is 10.1. The third-order valence-electron chi connectivity index (χ3n) is 5.06. The van der Waals surface area contributed by atoms with E-state index >= 15 is 0 Å². The SMILES string of the molecule is CCn1c(SC)nnc1-c1cc2c([nH]c3ccccc32)c(-c2cccc(O)c2)n1. The van der Waals surface area contributed by atoms with Crippen molar-refractivity contribution in [1.82, 2.24) is 24.7 Å². The number of nitrogens with zero attached hydrogens (tertiary/aromatic N) is 4. The molecule has 3 heterocycles. The van der Waals surface area contributed by atoms with Crippen LogP contribution in [0.5, 0.6) is 5.75 Å². The Morgan fingerprint density at radius 3 is 2.69 bits per heavy atom. The molecule has 0 aliphatic carbocycles. The van der Waals surface area contributed by atoms with Gasteiger partial charge < -0.3 is 14.7 Å². The molecule has 5 aromatic rings. The largest absolute Gasteiger partial charge is 0.508 e. The first-order chi connectivity index (χ1) is 14.2. The van der Waals surface area contributed by atoms with Crippen LogP contribution in [-0.2, 0) is 6.54 Å².